The van der Waals surface area contributed by atoms with Crippen molar-refractivity contribution < 1.29 is 26.3 Å². The molecule has 1 saturated heterocycles. The fourth-order valence-corrected chi connectivity index (χ4v) is 6.18. The van der Waals surface area contributed by atoms with E-state index in [9.17, 15) is 16.8 Å². The Hall–Kier alpha value is -3.19. The topological polar surface area (TPSA) is 126 Å². The molecule has 0 unspecified atom stereocenters. The molecular formula is C24H29ClN4O6S2. The molecule has 200 valence electrons. The highest BCUT2D eigenvalue weighted by molar-refractivity contribution is 7.93. The number of sulfonamides is 2. The van der Waals surface area contributed by atoms with E-state index in [1.807, 2.05) is 0 Å². The fraction of sp³-hybridized carbons (Fsp3) is 0.250. The number of anilines is 3. The SMILES string of the molecule is COc1ccc(OC)c(S(=O)(=O)Nc2ccc(N3CCNCC3)cc2NS(=O)(=O)c2ccccc2)c1.Cl. The second-order valence-corrected chi connectivity index (χ2v) is 11.3. The van der Waals surface area contributed by atoms with Gasteiger partial charge in [0.15, 0.2) is 0 Å². The molecule has 3 aromatic carbocycles. The predicted molar refractivity (Wildman–Crippen MR) is 146 cm³/mol. The van der Waals surface area contributed by atoms with Crippen LogP contribution >= 0.6 is 12.4 Å². The molecule has 37 heavy (non-hydrogen) atoms. The molecule has 0 spiro atoms. The Morgan fingerprint density at radius 1 is 0.784 bits per heavy atom. The molecule has 0 radical (unpaired) electrons. The zero-order valence-corrected chi connectivity index (χ0v) is 22.8. The first kappa shape index (κ1) is 28.4. The number of nitrogens with one attached hydrogen (secondary N) is 3. The van der Waals surface area contributed by atoms with Crippen LogP contribution in [0.3, 0.4) is 0 Å². The highest BCUT2D eigenvalue weighted by Gasteiger charge is 2.24. The molecule has 3 aromatic rings. The van der Waals surface area contributed by atoms with Crippen LogP contribution < -0.4 is 29.1 Å². The highest BCUT2D eigenvalue weighted by Crippen LogP contribution is 2.34. The van der Waals surface area contributed by atoms with E-state index >= 15 is 0 Å². The molecule has 0 amide bonds. The Morgan fingerprint density at radius 2 is 1.46 bits per heavy atom. The van der Waals surface area contributed by atoms with Gasteiger partial charge in [0.25, 0.3) is 20.0 Å². The molecule has 1 fully saturated rings. The molecule has 0 saturated carbocycles. The molecule has 0 bridgehead atoms. The van der Waals surface area contributed by atoms with Crippen LogP contribution in [0.1, 0.15) is 0 Å². The summed E-state index contributed by atoms with van der Waals surface area (Å²) in [5.41, 5.74) is 0.933. The fourth-order valence-electron chi connectivity index (χ4n) is 3.82. The average Bonchev–Trinajstić information content (AvgIpc) is 2.90. The quantitative estimate of drug-likeness (QED) is 0.359. The number of halogens is 1. The molecule has 1 aliphatic heterocycles. The number of hydrogen-bond donors (Lipinski definition) is 3. The van der Waals surface area contributed by atoms with Gasteiger partial charge in [0.1, 0.15) is 16.4 Å². The van der Waals surface area contributed by atoms with Crippen LogP contribution in [0.5, 0.6) is 11.5 Å². The van der Waals surface area contributed by atoms with Crippen molar-refractivity contribution in [3.63, 3.8) is 0 Å². The van der Waals surface area contributed by atoms with Gasteiger partial charge in [-0.15, -0.1) is 12.4 Å². The van der Waals surface area contributed by atoms with Gasteiger partial charge in [-0.1, -0.05) is 18.2 Å². The van der Waals surface area contributed by atoms with Crippen LogP contribution in [0.2, 0.25) is 0 Å². The monoisotopic (exact) mass is 568 g/mol. The molecule has 0 aliphatic carbocycles. The summed E-state index contributed by atoms with van der Waals surface area (Å²) >= 11 is 0. The van der Waals surface area contributed by atoms with Gasteiger partial charge in [0.05, 0.1) is 30.5 Å². The summed E-state index contributed by atoms with van der Waals surface area (Å²) in [6, 6.07) is 17.2. The van der Waals surface area contributed by atoms with E-state index in [0.717, 1.165) is 31.9 Å². The maximum absolute atomic E-state index is 13.4. The lowest BCUT2D eigenvalue weighted by molar-refractivity contribution is 0.392. The van der Waals surface area contributed by atoms with Crippen molar-refractivity contribution >= 4 is 49.5 Å². The van der Waals surface area contributed by atoms with Gasteiger partial charge < -0.3 is 19.7 Å². The number of hydrogen-bond acceptors (Lipinski definition) is 8. The smallest absolute Gasteiger partial charge is 0.265 e. The van der Waals surface area contributed by atoms with Gasteiger partial charge in [-0.25, -0.2) is 16.8 Å². The lowest BCUT2D eigenvalue weighted by Crippen LogP contribution is -2.43. The van der Waals surface area contributed by atoms with E-state index in [0.29, 0.717) is 5.75 Å². The maximum Gasteiger partial charge on any atom is 0.265 e. The second kappa shape index (κ2) is 11.9. The molecule has 4 rings (SSSR count). The van der Waals surface area contributed by atoms with Gasteiger partial charge in [-0.3, -0.25) is 9.44 Å². The van der Waals surface area contributed by atoms with Gasteiger partial charge in [0, 0.05) is 37.9 Å². The van der Waals surface area contributed by atoms with E-state index in [-0.39, 0.29) is 39.3 Å². The molecule has 1 heterocycles. The molecule has 3 N–H and O–H groups in total. The number of benzene rings is 3. The number of methoxy groups -OCH3 is 2. The third-order valence-electron chi connectivity index (χ3n) is 5.69. The van der Waals surface area contributed by atoms with E-state index in [1.165, 1.54) is 38.5 Å². The largest absolute Gasteiger partial charge is 0.497 e. The maximum atomic E-state index is 13.4. The van der Waals surface area contributed by atoms with Crippen LogP contribution in [-0.2, 0) is 20.0 Å². The van der Waals surface area contributed by atoms with Crippen LogP contribution in [0, 0.1) is 0 Å². The summed E-state index contributed by atoms with van der Waals surface area (Å²) in [5.74, 6) is 0.447. The minimum absolute atomic E-state index is 0. The minimum atomic E-state index is -4.18. The molecule has 10 nitrogen and oxygen atoms in total. The minimum Gasteiger partial charge on any atom is -0.497 e. The predicted octanol–water partition coefficient (Wildman–Crippen LogP) is 3.14. The van der Waals surface area contributed by atoms with Crippen LogP contribution in [0.25, 0.3) is 0 Å². The van der Waals surface area contributed by atoms with E-state index in [4.69, 9.17) is 9.47 Å². The summed E-state index contributed by atoms with van der Waals surface area (Å²) in [6.07, 6.45) is 0. The Morgan fingerprint density at radius 3 is 2.11 bits per heavy atom. The van der Waals surface area contributed by atoms with Crippen molar-refractivity contribution in [3.05, 3.63) is 66.7 Å². The lowest BCUT2D eigenvalue weighted by atomic mass is 10.2. The standard InChI is InChI=1S/C24H28N4O6S2.ClH/c1-33-19-9-11-23(34-2)24(17-19)36(31,32)26-21-10-8-18(28-14-12-25-13-15-28)16-22(21)27-35(29,30)20-6-4-3-5-7-20;/h3-11,16-17,25-27H,12-15H2,1-2H3;1H. The Balaban J connectivity index is 0.00000380. The normalized spacial score (nSPS) is 13.8. The molecule has 13 heteroatoms. The zero-order valence-electron chi connectivity index (χ0n) is 20.3. The molecule has 0 aromatic heterocycles. The Bertz CT molecular complexity index is 1430. The number of piperazine rings is 1. The summed E-state index contributed by atoms with van der Waals surface area (Å²) in [5, 5.41) is 3.27. The van der Waals surface area contributed by atoms with Crippen molar-refractivity contribution in [1.29, 1.82) is 0 Å². The van der Waals surface area contributed by atoms with E-state index in [1.54, 1.807) is 42.5 Å². The summed E-state index contributed by atoms with van der Waals surface area (Å²) in [4.78, 5) is 2.01. The van der Waals surface area contributed by atoms with Crippen LogP contribution in [-0.4, -0.2) is 57.2 Å². The van der Waals surface area contributed by atoms with E-state index < -0.39 is 20.0 Å². The first-order valence-electron chi connectivity index (χ1n) is 11.2. The second-order valence-electron chi connectivity index (χ2n) is 8.01. The Labute approximate surface area is 223 Å². The molecular weight excluding hydrogens is 540 g/mol. The number of nitrogens with zero attached hydrogens (tertiary/aromatic N) is 1. The van der Waals surface area contributed by atoms with Crippen molar-refractivity contribution in [2.45, 2.75) is 9.79 Å². The number of rotatable bonds is 9. The number of ether oxygens (including phenoxy) is 2. The van der Waals surface area contributed by atoms with Crippen molar-refractivity contribution in [3.8, 4) is 11.5 Å². The first-order valence-corrected chi connectivity index (χ1v) is 14.1. The van der Waals surface area contributed by atoms with Crippen molar-refractivity contribution in [2.24, 2.45) is 0 Å². The lowest BCUT2D eigenvalue weighted by Gasteiger charge is -2.30. The van der Waals surface area contributed by atoms with Crippen molar-refractivity contribution in [1.82, 2.24) is 5.32 Å². The molecule has 0 atom stereocenters. The molecule has 1 aliphatic rings. The highest BCUT2D eigenvalue weighted by atomic mass is 35.5. The average molecular weight is 569 g/mol. The summed E-state index contributed by atoms with van der Waals surface area (Å²) < 4.78 is 68.5. The van der Waals surface area contributed by atoms with Crippen LogP contribution in [0.15, 0.2) is 76.5 Å². The third kappa shape index (κ3) is 6.58. The zero-order chi connectivity index (χ0) is 25.8. The van der Waals surface area contributed by atoms with Gasteiger partial charge >= 0.3 is 0 Å². The van der Waals surface area contributed by atoms with Crippen molar-refractivity contribution in [2.75, 3.05) is 54.7 Å². The van der Waals surface area contributed by atoms with Crippen LogP contribution in [0.4, 0.5) is 17.1 Å². The third-order valence-corrected chi connectivity index (χ3v) is 8.46. The van der Waals surface area contributed by atoms with Gasteiger partial charge in [0.2, 0.25) is 0 Å². The summed E-state index contributed by atoms with van der Waals surface area (Å²) in [6.45, 7) is 3.04. The Kier molecular flexibility index (Phi) is 9.13. The first-order chi connectivity index (χ1) is 17.2. The van der Waals surface area contributed by atoms with E-state index in [2.05, 4.69) is 19.7 Å². The van der Waals surface area contributed by atoms with Gasteiger partial charge in [-0.05, 0) is 42.5 Å². The van der Waals surface area contributed by atoms with Gasteiger partial charge in [-0.2, -0.15) is 0 Å². The summed E-state index contributed by atoms with van der Waals surface area (Å²) in [7, 11) is -5.38.